The highest BCUT2D eigenvalue weighted by Gasteiger charge is 2.36. The van der Waals surface area contributed by atoms with Gasteiger partial charge in [-0.25, -0.2) is 16.8 Å². The van der Waals surface area contributed by atoms with Crippen LogP contribution in [0, 0.1) is 0 Å². The lowest BCUT2D eigenvalue weighted by molar-refractivity contribution is 0.544. The molecule has 0 unspecified atom stereocenters. The summed E-state index contributed by atoms with van der Waals surface area (Å²) in [6, 6.07) is 0. The zero-order chi connectivity index (χ0) is 18.5. The molecule has 0 fully saturated rings. The summed E-state index contributed by atoms with van der Waals surface area (Å²) in [5.74, 6) is 0. The first kappa shape index (κ1) is 22.5. The first-order valence-corrected chi connectivity index (χ1v) is 10.9. The van der Waals surface area contributed by atoms with Crippen molar-refractivity contribution in [3.05, 3.63) is 20.9 Å². The molecule has 10 nitrogen and oxygen atoms in total. The third-order valence-electron chi connectivity index (χ3n) is 3.51. The Balaban J connectivity index is 4.51. The standard InChI is InChI=1S/C12H24N6O4S2/c1-2-3-4-5-6-7-8-9-10-11-12(23(19,20)17-15-13)24(21,22)18-16-14/h12H,2-11H2,1H3. The molecular formula is C12H24N6O4S2. The van der Waals surface area contributed by atoms with Crippen LogP contribution in [-0.2, 0) is 20.0 Å². The molecule has 0 bridgehead atoms. The summed E-state index contributed by atoms with van der Waals surface area (Å²) in [5, 5.41) is 0. The maximum absolute atomic E-state index is 11.7. The molecule has 0 rings (SSSR count). The van der Waals surface area contributed by atoms with Gasteiger partial charge in [0.2, 0.25) is 0 Å². The normalized spacial score (nSPS) is 12.9. The summed E-state index contributed by atoms with van der Waals surface area (Å²) in [6.45, 7) is 2.14. The quantitative estimate of drug-likeness (QED) is 0.187. The van der Waals surface area contributed by atoms with E-state index in [4.69, 9.17) is 11.1 Å². The summed E-state index contributed by atoms with van der Waals surface area (Å²) in [5.41, 5.74) is 16.5. The van der Waals surface area contributed by atoms with Crippen molar-refractivity contribution < 1.29 is 16.8 Å². The molecule has 0 atom stereocenters. The van der Waals surface area contributed by atoms with Crippen LogP contribution in [0.15, 0.2) is 9.04 Å². The topological polar surface area (TPSA) is 166 Å². The minimum Gasteiger partial charge on any atom is -0.220 e. The molecule has 0 heterocycles. The van der Waals surface area contributed by atoms with Gasteiger partial charge in [-0.1, -0.05) is 64.7 Å². The number of sulfonamides is 2. The van der Waals surface area contributed by atoms with E-state index in [1.165, 1.54) is 19.3 Å². The van der Waals surface area contributed by atoms with Gasteiger partial charge in [0.05, 0.1) is 0 Å². The predicted molar refractivity (Wildman–Crippen MR) is 91.8 cm³/mol. The highest BCUT2D eigenvalue weighted by Crippen LogP contribution is 2.22. The van der Waals surface area contributed by atoms with Gasteiger partial charge in [0, 0.05) is 18.9 Å². The van der Waals surface area contributed by atoms with E-state index in [9.17, 15) is 16.8 Å². The number of azide groups is 2. The zero-order valence-corrected chi connectivity index (χ0v) is 15.4. The largest absolute Gasteiger partial charge is 0.253 e. The molecule has 0 spiro atoms. The molecule has 0 saturated heterocycles. The molecule has 0 aliphatic carbocycles. The van der Waals surface area contributed by atoms with E-state index in [1.54, 1.807) is 0 Å². The predicted octanol–water partition coefficient (Wildman–Crippen LogP) is 4.51. The molecular weight excluding hydrogens is 356 g/mol. The van der Waals surface area contributed by atoms with E-state index in [-0.39, 0.29) is 6.42 Å². The third kappa shape index (κ3) is 8.97. The number of rotatable bonds is 14. The molecule has 24 heavy (non-hydrogen) atoms. The van der Waals surface area contributed by atoms with Crippen LogP contribution >= 0.6 is 0 Å². The molecule has 0 aliphatic heterocycles. The van der Waals surface area contributed by atoms with Gasteiger partial charge in [-0.2, -0.15) is 0 Å². The molecule has 0 aliphatic rings. The number of hydrogen-bond acceptors (Lipinski definition) is 4. The van der Waals surface area contributed by atoms with Crippen molar-refractivity contribution in [3.63, 3.8) is 0 Å². The molecule has 0 saturated carbocycles. The van der Waals surface area contributed by atoms with Crippen molar-refractivity contribution in [2.45, 2.75) is 75.7 Å². The van der Waals surface area contributed by atoms with Gasteiger partial charge in [0.25, 0.3) is 20.0 Å². The van der Waals surface area contributed by atoms with Gasteiger partial charge in [-0.05, 0) is 17.5 Å². The lowest BCUT2D eigenvalue weighted by atomic mass is 10.1. The molecule has 0 amide bonds. The molecule has 12 heteroatoms. The van der Waals surface area contributed by atoms with Crippen molar-refractivity contribution in [3.8, 4) is 0 Å². The van der Waals surface area contributed by atoms with E-state index < -0.39 is 24.6 Å². The maximum atomic E-state index is 11.7. The summed E-state index contributed by atoms with van der Waals surface area (Å²) >= 11 is 0. The van der Waals surface area contributed by atoms with Crippen molar-refractivity contribution >= 4 is 20.0 Å². The average molecular weight is 380 g/mol. The van der Waals surface area contributed by atoms with E-state index >= 15 is 0 Å². The van der Waals surface area contributed by atoms with Crippen LogP contribution in [0.4, 0.5) is 0 Å². The van der Waals surface area contributed by atoms with Crippen LogP contribution in [0.5, 0.6) is 0 Å². The van der Waals surface area contributed by atoms with Crippen LogP contribution < -0.4 is 0 Å². The fourth-order valence-corrected chi connectivity index (χ4v) is 5.08. The molecule has 0 radical (unpaired) electrons. The second-order valence-electron chi connectivity index (χ2n) is 5.42. The lowest BCUT2D eigenvalue weighted by Gasteiger charge is -2.11. The Bertz CT molecular complexity index is 616. The minimum atomic E-state index is -4.60. The Morgan fingerprint density at radius 2 is 1.12 bits per heavy atom. The van der Waals surface area contributed by atoms with Gasteiger partial charge in [0.15, 0.2) is 4.58 Å². The van der Waals surface area contributed by atoms with Crippen LogP contribution in [0.25, 0.3) is 20.9 Å². The zero-order valence-electron chi connectivity index (χ0n) is 13.8. The van der Waals surface area contributed by atoms with E-state index in [1.807, 2.05) is 0 Å². The SMILES string of the molecule is CCCCCCCCCCCC(S(=O)(=O)N=[N+]=[N-])S(=O)(=O)N=[N+]=[N-]. The van der Waals surface area contributed by atoms with Gasteiger partial charge in [0.1, 0.15) is 0 Å². The van der Waals surface area contributed by atoms with E-state index in [2.05, 4.69) is 25.8 Å². The van der Waals surface area contributed by atoms with Crippen LogP contribution in [0.2, 0.25) is 0 Å². The van der Waals surface area contributed by atoms with E-state index in [0.29, 0.717) is 12.8 Å². The number of nitrogens with zero attached hydrogens (tertiary/aromatic N) is 6. The average Bonchev–Trinajstić information content (AvgIpc) is 2.48. The Labute approximate surface area is 143 Å². The van der Waals surface area contributed by atoms with Crippen molar-refractivity contribution in [1.82, 2.24) is 0 Å². The van der Waals surface area contributed by atoms with Gasteiger partial charge < -0.3 is 0 Å². The van der Waals surface area contributed by atoms with Gasteiger partial charge in [-0.15, -0.1) is 0 Å². The highest BCUT2D eigenvalue weighted by molar-refractivity contribution is 8.07. The fourth-order valence-electron chi connectivity index (χ4n) is 2.28. The first-order valence-electron chi connectivity index (χ1n) is 7.92. The second-order valence-corrected chi connectivity index (χ2v) is 9.24. The van der Waals surface area contributed by atoms with Crippen LogP contribution in [-0.4, -0.2) is 21.4 Å². The van der Waals surface area contributed by atoms with Crippen molar-refractivity contribution in [2.24, 2.45) is 9.04 Å². The van der Waals surface area contributed by atoms with Crippen LogP contribution in [0.3, 0.4) is 0 Å². The summed E-state index contributed by atoms with van der Waals surface area (Å²) in [4.78, 5) is 4.27. The monoisotopic (exact) mass is 380 g/mol. The van der Waals surface area contributed by atoms with Crippen LogP contribution in [0.1, 0.15) is 71.1 Å². The van der Waals surface area contributed by atoms with Crippen molar-refractivity contribution in [1.29, 1.82) is 0 Å². The fraction of sp³-hybridized carbons (Fsp3) is 1.00. The number of hydrogen-bond donors (Lipinski definition) is 0. The molecule has 0 N–H and O–H groups in total. The Kier molecular flexibility index (Phi) is 11.2. The van der Waals surface area contributed by atoms with Crippen molar-refractivity contribution in [2.75, 3.05) is 0 Å². The lowest BCUT2D eigenvalue weighted by Crippen LogP contribution is -2.27. The first-order chi connectivity index (χ1) is 11.3. The third-order valence-corrected chi connectivity index (χ3v) is 7.37. The second kappa shape index (κ2) is 12.0. The van der Waals surface area contributed by atoms with Gasteiger partial charge in [-0.3, -0.25) is 0 Å². The summed E-state index contributed by atoms with van der Waals surface area (Å²) < 4.78 is 50.0. The highest BCUT2D eigenvalue weighted by atomic mass is 32.3. The molecule has 0 aromatic carbocycles. The maximum Gasteiger partial charge on any atom is 0.253 e. The van der Waals surface area contributed by atoms with Gasteiger partial charge >= 0.3 is 0 Å². The summed E-state index contributed by atoms with van der Waals surface area (Å²) in [7, 11) is -9.21. The van der Waals surface area contributed by atoms with E-state index in [0.717, 1.165) is 25.7 Å². The molecule has 0 aromatic rings. The molecule has 138 valence electrons. The molecule has 0 aromatic heterocycles. The Morgan fingerprint density at radius 1 is 0.750 bits per heavy atom. The Morgan fingerprint density at radius 3 is 1.50 bits per heavy atom. The minimum absolute atomic E-state index is 0.265. The Hall–Kier alpha value is -1.48. The number of unbranched alkanes of at least 4 members (excludes halogenated alkanes) is 8. The smallest absolute Gasteiger partial charge is 0.220 e. The summed E-state index contributed by atoms with van der Waals surface area (Å²) in [6.07, 6.45) is 8.43.